The SMILES string of the molecule is Cc1[nH]n(-c2nc(-c3ccccn3)cs2)c(=O)c1N=Nc1ccccc1. The highest BCUT2D eigenvalue weighted by Crippen LogP contribution is 2.23. The van der Waals surface area contributed by atoms with Gasteiger partial charge in [0.05, 0.1) is 17.1 Å². The van der Waals surface area contributed by atoms with Crippen LogP contribution in [0.15, 0.2) is 75.1 Å². The topological polar surface area (TPSA) is 88.3 Å². The maximum absolute atomic E-state index is 12.7. The summed E-state index contributed by atoms with van der Waals surface area (Å²) >= 11 is 1.36. The molecule has 0 aliphatic heterocycles. The lowest BCUT2D eigenvalue weighted by Crippen LogP contribution is -2.13. The van der Waals surface area contributed by atoms with Crippen molar-refractivity contribution in [3.05, 3.63) is 76.2 Å². The minimum Gasteiger partial charge on any atom is -0.291 e. The van der Waals surface area contributed by atoms with Gasteiger partial charge < -0.3 is 0 Å². The van der Waals surface area contributed by atoms with Crippen molar-refractivity contribution in [1.29, 1.82) is 0 Å². The van der Waals surface area contributed by atoms with Crippen molar-refractivity contribution in [3.63, 3.8) is 0 Å². The third-order valence-electron chi connectivity index (χ3n) is 3.67. The first-order valence-corrected chi connectivity index (χ1v) is 8.76. The van der Waals surface area contributed by atoms with Crippen LogP contribution in [0, 0.1) is 6.92 Å². The zero-order chi connectivity index (χ0) is 17.9. The summed E-state index contributed by atoms with van der Waals surface area (Å²) in [4.78, 5) is 21.5. The molecule has 0 aliphatic rings. The number of nitrogens with zero attached hydrogens (tertiary/aromatic N) is 5. The summed E-state index contributed by atoms with van der Waals surface area (Å²) in [6.07, 6.45) is 1.71. The molecule has 3 heterocycles. The molecule has 1 N–H and O–H groups in total. The molecule has 0 unspecified atom stereocenters. The van der Waals surface area contributed by atoms with E-state index in [1.54, 1.807) is 13.1 Å². The number of aryl methyl sites for hydroxylation is 1. The quantitative estimate of drug-likeness (QED) is 0.545. The summed E-state index contributed by atoms with van der Waals surface area (Å²) in [6.45, 7) is 1.78. The summed E-state index contributed by atoms with van der Waals surface area (Å²) < 4.78 is 1.38. The van der Waals surface area contributed by atoms with E-state index in [-0.39, 0.29) is 11.2 Å². The maximum Gasteiger partial charge on any atom is 0.301 e. The van der Waals surface area contributed by atoms with Crippen LogP contribution in [0.3, 0.4) is 0 Å². The van der Waals surface area contributed by atoms with Gasteiger partial charge in [-0.15, -0.1) is 16.5 Å². The van der Waals surface area contributed by atoms with Crippen molar-refractivity contribution < 1.29 is 0 Å². The molecule has 0 fully saturated rings. The Morgan fingerprint density at radius 2 is 1.85 bits per heavy atom. The molecular formula is C18H14N6OS. The van der Waals surface area contributed by atoms with Crippen LogP contribution in [-0.4, -0.2) is 19.7 Å². The smallest absolute Gasteiger partial charge is 0.291 e. The van der Waals surface area contributed by atoms with Crippen LogP contribution in [0.1, 0.15) is 5.69 Å². The van der Waals surface area contributed by atoms with Gasteiger partial charge in [-0.2, -0.15) is 9.80 Å². The molecule has 0 saturated carbocycles. The second-order valence-corrected chi connectivity index (χ2v) is 6.33. The average Bonchev–Trinajstić information content (AvgIpc) is 3.27. The molecule has 0 amide bonds. The van der Waals surface area contributed by atoms with E-state index in [9.17, 15) is 4.79 Å². The number of hydrogen-bond donors (Lipinski definition) is 1. The Bertz CT molecular complexity index is 1110. The fourth-order valence-electron chi connectivity index (χ4n) is 2.39. The van der Waals surface area contributed by atoms with Gasteiger partial charge in [-0.1, -0.05) is 24.3 Å². The number of H-pyrrole nitrogens is 1. The first-order chi connectivity index (χ1) is 12.7. The van der Waals surface area contributed by atoms with E-state index >= 15 is 0 Å². The molecule has 4 rings (SSSR count). The first kappa shape index (κ1) is 16.1. The molecule has 7 nitrogen and oxygen atoms in total. The van der Waals surface area contributed by atoms with E-state index in [4.69, 9.17) is 0 Å². The zero-order valence-electron chi connectivity index (χ0n) is 13.8. The van der Waals surface area contributed by atoms with Crippen molar-refractivity contribution in [1.82, 2.24) is 19.7 Å². The minimum atomic E-state index is -0.288. The number of benzene rings is 1. The van der Waals surface area contributed by atoms with Gasteiger partial charge in [0.1, 0.15) is 5.69 Å². The molecule has 0 bridgehead atoms. The van der Waals surface area contributed by atoms with Crippen LogP contribution in [-0.2, 0) is 0 Å². The predicted molar refractivity (Wildman–Crippen MR) is 101 cm³/mol. The molecule has 1 aromatic carbocycles. The van der Waals surface area contributed by atoms with E-state index < -0.39 is 0 Å². The van der Waals surface area contributed by atoms with Gasteiger partial charge in [0, 0.05) is 11.6 Å². The predicted octanol–water partition coefficient (Wildman–Crippen LogP) is 4.41. The molecule has 8 heteroatoms. The van der Waals surface area contributed by atoms with Crippen LogP contribution < -0.4 is 5.56 Å². The third-order valence-corrected chi connectivity index (χ3v) is 4.50. The number of aromatic amines is 1. The summed E-state index contributed by atoms with van der Waals surface area (Å²) in [5.41, 5.74) is 2.77. The first-order valence-electron chi connectivity index (χ1n) is 7.88. The van der Waals surface area contributed by atoms with E-state index in [0.717, 1.165) is 11.4 Å². The molecule has 0 radical (unpaired) electrons. The Labute approximate surface area is 152 Å². The number of rotatable bonds is 4. The largest absolute Gasteiger partial charge is 0.301 e. The highest BCUT2D eigenvalue weighted by molar-refractivity contribution is 7.12. The Hall–Kier alpha value is -3.39. The maximum atomic E-state index is 12.7. The van der Waals surface area contributed by atoms with E-state index in [0.29, 0.717) is 16.5 Å². The number of pyridine rings is 1. The minimum absolute atomic E-state index is 0.267. The average molecular weight is 362 g/mol. The fraction of sp³-hybridized carbons (Fsp3) is 0.0556. The number of azo groups is 1. The Balaban J connectivity index is 1.68. The van der Waals surface area contributed by atoms with Crippen LogP contribution in [0.25, 0.3) is 16.5 Å². The van der Waals surface area contributed by atoms with Crippen LogP contribution in [0.4, 0.5) is 11.4 Å². The molecule has 0 spiro atoms. The van der Waals surface area contributed by atoms with Crippen molar-refractivity contribution in [3.8, 4) is 16.5 Å². The molecule has 26 heavy (non-hydrogen) atoms. The normalized spacial score (nSPS) is 11.3. The van der Waals surface area contributed by atoms with Crippen LogP contribution in [0.5, 0.6) is 0 Å². The summed E-state index contributed by atoms with van der Waals surface area (Å²) in [7, 11) is 0. The number of nitrogens with one attached hydrogen (secondary N) is 1. The Kier molecular flexibility index (Phi) is 4.24. The van der Waals surface area contributed by atoms with Crippen LogP contribution in [0.2, 0.25) is 0 Å². The van der Waals surface area contributed by atoms with E-state index in [1.807, 2.05) is 53.9 Å². The van der Waals surface area contributed by atoms with Crippen molar-refractivity contribution in [2.45, 2.75) is 6.92 Å². The molecular weight excluding hydrogens is 348 g/mol. The monoisotopic (exact) mass is 362 g/mol. The Morgan fingerprint density at radius 1 is 1.04 bits per heavy atom. The second-order valence-electron chi connectivity index (χ2n) is 5.49. The Morgan fingerprint density at radius 3 is 2.62 bits per heavy atom. The lowest BCUT2D eigenvalue weighted by atomic mass is 10.3. The van der Waals surface area contributed by atoms with Gasteiger partial charge in [-0.3, -0.25) is 14.9 Å². The summed E-state index contributed by atoms with van der Waals surface area (Å²) in [5.74, 6) is 0. The van der Waals surface area contributed by atoms with E-state index in [1.165, 1.54) is 16.0 Å². The van der Waals surface area contributed by atoms with Gasteiger partial charge in [0.15, 0.2) is 5.69 Å². The van der Waals surface area contributed by atoms with Crippen molar-refractivity contribution >= 4 is 22.7 Å². The van der Waals surface area contributed by atoms with Crippen LogP contribution >= 0.6 is 11.3 Å². The zero-order valence-corrected chi connectivity index (χ0v) is 14.6. The van der Waals surface area contributed by atoms with Gasteiger partial charge in [0.25, 0.3) is 0 Å². The molecule has 0 atom stereocenters. The summed E-state index contributed by atoms with van der Waals surface area (Å²) in [6, 6.07) is 14.9. The lowest BCUT2D eigenvalue weighted by Gasteiger charge is -1.95. The molecule has 128 valence electrons. The van der Waals surface area contributed by atoms with Gasteiger partial charge in [0.2, 0.25) is 5.13 Å². The fourth-order valence-corrected chi connectivity index (χ4v) is 3.17. The van der Waals surface area contributed by atoms with Gasteiger partial charge in [-0.25, -0.2) is 4.98 Å². The third kappa shape index (κ3) is 3.09. The van der Waals surface area contributed by atoms with E-state index in [2.05, 4.69) is 25.3 Å². The molecule has 0 saturated heterocycles. The van der Waals surface area contributed by atoms with Crippen molar-refractivity contribution in [2.75, 3.05) is 0 Å². The summed E-state index contributed by atoms with van der Waals surface area (Å²) in [5, 5.41) is 13.6. The van der Waals surface area contributed by atoms with Gasteiger partial charge >= 0.3 is 5.56 Å². The number of aromatic nitrogens is 4. The van der Waals surface area contributed by atoms with Gasteiger partial charge in [-0.05, 0) is 31.2 Å². The molecule has 4 aromatic rings. The lowest BCUT2D eigenvalue weighted by molar-refractivity contribution is 0.827. The highest BCUT2D eigenvalue weighted by Gasteiger charge is 2.15. The molecule has 3 aromatic heterocycles. The number of thiazole rings is 1. The highest BCUT2D eigenvalue weighted by atomic mass is 32.1. The standard InChI is InChI=1S/C18H14N6OS/c1-12-16(22-21-13-7-3-2-4-8-13)17(25)24(23-12)18-20-15(11-26-18)14-9-5-6-10-19-14/h2-11,23H,1H3. The number of hydrogen-bond acceptors (Lipinski definition) is 6. The van der Waals surface area contributed by atoms with Crippen molar-refractivity contribution in [2.24, 2.45) is 10.2 Å². The molecule has 0 aliphatic carbocycles. The second kappa shape index (κ2) is 6.85.